The zero-order valence-corrected chi connectivity index (χ0v) is 16.9. The SMILES string of the molecule is Cc1nn2cccnc2c1C(=O)N1CCC(c2nc3cc(Cl)ccc3s2)CC1. The number of carbonyl (C=O) groups excluding carboxylic acids is 1. The average Bonchev–Trinajstić information content (AvgIpc) is 3.27. The fourth-order valence-electron chi connectivity index (χ4n) is 3.83. The summed E-state index contributed by atoms with van der Waals surface area (Å²) in [6, 6.07) is 7.65. The van der Waals surface area contributed by atoms with Gasteiger partial charge >= 0.3 is 0 Å². The highest BCUT2D eigenvalue weighted by atomic mass is 35.5. The normalized spacial score (nSPS) is 15.6. The number of piperidine rings is 1. The van der Waals surface area contributed by atoms with E-state index in [-0.39, 0.29) is 5.91 Å². The molecule has 5 rings (SSSR count). The number of hydrogen-bond acceptors (Lipinski definition) is 5. The third kappa shape index (κ3) is 2.95. The Morgan fingerprint density at radius 1 is 1.29 bits per heavy atom. The Hall–Kier alpha value is -2.51. The van der Waals surface area contributed by atoms with Crippen molar-refractivity contribution in [2.75, 3.05) is 13.1 Å². The van der Waals surface area contributed by atoms with Crippen molar-refractivity contribution in [1.82, 2.24) is 24.5 Å². The smallest absolute Gasteiger partial charge is 0.259 e. The first-order chi connectivity index (χ1) is 13.6. The quantitative estimate of drug-likeness (QED) is 0.492. The molecule has 6 nitrogen and oxygen atoms in total. The predicted molar refractivity (Wildman–Crippen MR) is 110 cm³/mol. The molecule has 0 N–H and O–H groups in total. The molecule has 1 aromatic carbocycles. The summed E-state index contributed by atoms with van der Waals surface area (Å²) in [5.41, 5.74) is 2.90. The van der Waals surface area contributed by atoms with Crippen LogP contribution in [-0.4, -0.2) is 43.5 Å². The van der Waals surface area contributed by atoms with Gasteiger partial charge in [-0.2, -0.15) is 5.10 Å². The Morgan fingerprint density at radius 3 is 2.93 bits per heavy atom. The molecule has 1 saturated heterocycles. The van der Waals surface area contributed by atoms with Crippen LogP contribution < -0.4 is 0 Å². The van der Waals surface area contributed by atoms with E-state index in [0.717, 1.165) is 28.1 Å². The summed E-state index contributed by atoms with van der Waals surface area (Å²) in [6.07, 6.45) is 5.33. The second-order valence-corrected chi connectivity index (χ2v) is 8.58. The molecular weight excluding hydrogens is 394 g/mol. The average molecular weight is 412 g/mol. The van der Waals surface area contributed by atoms with Crippen molar-refractivity contribution < 1.29 is 4.79 Å². The Kier molecular flexibility index (Phi) is 4.29. The van der Waals surface area contributed by atoms with Crippen molar-refractivity contribution in [3.8, 4) is 0 Å². The van der Waals surface area contributed by atoms with E-state index in [2.05, 4.69) is 10.1 Å². The van der Waals surface area contributed by atoms with E-state index in [1.54, 1.807) is 22.0 Å². The van der Waals surface area contributed by atoms with Crippen molar-refractivity contribution in [3.63, 3.8) is 0 Å². The Balaban J connectivity index is 1.34. The van der Waals surface area contributed by atoms with Crippen LogP contribution in [0.25, 0.3) is 15.9 Å². The van der Waals surface area contributed by atoms with Gasteiger partial charge in [0.1, 0.15) is 5.56 Å². The molecule has 0 spiro atoms. The van der Waals surface area contributed by atoms with E-state index in [1.165, 1.54) is 0 Å². The summed E-state index contributed by atoms with van der Waals surface area (Å²) < 4.78 is 2.83. The number of rotatable bonds is 2. The Labute approximate surface area is 170 Å². The van der Waals surface area contributed by atoms with E-state index in [1.807, 2.05) is 42.3 Å². The van der Waals surface area contributed by atoms with Crippen molar-refractivity contribution in [1.29, 1.82) is 0 Å². The molecule has 4 heterocycles. The standard InChI is InChI=1S/C20H18ClN5OS/c1-12-17(18-22-7-2-8-26(18)24-12)20(27)25-9-5-13(6-10-25)19-23-15-11-14(21)3-4-16(15)28-19/h2-4,7-8,11,13H,5-6,9-10H2,1H3. The van der Waals surface area contributed by atoms with Crippen molar-refractivity contribution in [3.05, 3.63) is 57.9 Å². The molecule has 8 heteroatoms. The van der Waals surface area contributed by atoms with Gasteiger partial charge in [0.25, 0.3) is 5.91 Å². The number of aryl methyl sites for hydroxylation is 1. The van der Waals surface area contributed by atoms with Crippen LogP contribution in [0.1, 0.15) is 39.8 Å². The predicted octanol–water partition coefficient (Wildman–Crippen LogP) is 4.32. The minimum atomic E-state index is 0.0146. The number of carbonyl (C=O) groups is 1. The Bertz CT molecular complexity index is 1190. The van der Waals surface area contributed by atoms with Crippen LogP contribution in [0.5, 0.6) is 0 Å². The molecule has 1 aliphatic heterocycles. The number of benzene rings is 1. The highest BCUT2D eigenvalue weighted by molar-refractivity contribution is 7.18. The van der Waals surface area contributed by atoms with Gasteiger partial charge in [0.15, 0.2) is 5.65 Å². The third-order valence-corrected chi connectivity index (χ3v) is 6.72. The number of likely N-dealkylation sites (tertiary alicyclic amines) is 1. The first-order valence-corrected chi connectivity index (χ1v) is 10.4. The van der Waals surface area contributed by atoms with Crippen LogP contribution in [0.2, 0.25) is 5.02 Å². The van der Waals surface area contributed by atoms with Crippen LogP contribution in [0.3, 0.4) is 0 Å². The van der Waals surface area contributed by atoms with Gasteiger partial charge in [0, 0.05) is 36.4 Å². The van der Waals surface area contributed by atoms with Gasteiger partial charge in [-0.25, -0.2) is 14.5 Å². The van der Waals surface area contributed by atoms with Gasteiger partial charge in [-0.3, -0.25) is 4.79 Å². The summed E-state index contributed by atoms with van der Waals surface area (Å²) in [4.78, 5) is 24.2. The molecular formula is C20H18ClN5OS. The first-order valence-electron chi connectivity index (χ1n) is 9.25. The summed E-state index contributed by atoms with van der Waals surface area (Å²) >= 11 is 7.81. The lowest BCUT2D eigenvalue weighted by Crippen LogP contribution is -2.38. The maximum Gasteiger partial charge on any atom is 0.259 e. The first kappa shape index (κ1) is 17.6. The fourth-order valence-corrected chi connectivity index (χ4v) is 5.11. The summed E-state index contributed by atoms with van der Waals surface area (Å²) in [5.74, 6) is 0.393. The number of hydrogen-bond donors (Lipinski definition) is 0. The summed E-state index contributed by atoms with van der Waals surface area (Å²) in [6.45, 7) is 3.29. The van der Waals surface area contributed by atoms with Gasteiger partial charge < -0.3 is 4.90 Å². The second-order valence-electron chi connectivity index (χ2n) is 7.08. The Morgan fingerprint density at radius 2 is 2.11 bits per heavy atom. The van der Waals surface area contributed by atoms with Gasteiger partial charge in [0.2, 0.25) is 0 Å². The van der Waals surface area contributed by atoms with Gasteiger partial charge in [-0.1, -0.05) is 11.6 Å². The van der Waals surface area contributed by atoms with Crippen LogP contribution in [-0.2, 0) is 0 Å². The molecule has 4 aromatic rings. The van der Waals surface area contributed by atoms with Crippen LogP contribution in [0, 0.1) is 6.92 Å². The molecule has 1 aliphatic rings. The molecule has 3 aromatic heterocycles. The van der Waals surface area contributed by atoms with Crippen molar-refractivity contribution in [2.24, 2.45) is 0 Å². The molecule has 0 saturated carbocycles. The van der Waals surface area contributed by atoms with E-state index in [4.69, 9.17) is 16.6 Å². The number of nitrogens with zero attached hydrogens (tertiary/aromatic N) is 5. The van der Waals surface area contributed by atoms with Crippen molar-refractivity contribution in [2.45, 2.75) is 25.7 Å². The summed E-state index contributed by atoms with van der Waals surface area (Å²) in [5, 5.41) is 6.26. The number of aromatic nitrogens is 4. The molecule has 142 valence electrons. The van der Waals surface area contributed by atoms with E-state index in [9.17, 15) is 4.79 Å². The number of amides is 1. The lowest BCUT2D eigenvalue weighted by atomic mass is 9.97. The molecule has 0 radical (unpaired) electrons. The fraction of sp³-hybridized carbons (Fsp3) is 0.300. The second kappa shape index (κ2) is 6.83. The molecule has 0 atom stereocenters. The van der Waals surface area contributed by atoms with Crippen LogP contribution in [0.4, 0.5) is 0 Å². The molecule has 1 amide bonds. The minimum absolute atomic E-state index is 0.0146. The highest BCUT2D eigenvalue weighted by Gasteiger charge is 2.29. The molecule has 28 heavy (non-hydrogen) atoms. The van der Waals surface area contributed by atoms with Crippen LogP contribution in [0.15, 0.2) is 36.7 Å². The number of fused-ring (bicyclic) bond motifs is 2. The topological polar surface area (TPSA) is 63.4 Å². The molecule has 0 bridgehead atoms. The van der Waals surface area contributed by atoms with Gasteiger partial charge in [-0.15, -0.1) is 11.3 Å². The number of halogens is 1. The lowest BCUT2D eigenvalue weighted by molar-refractivity contribution is 0.0714. The lowest BCUT2D eigenvalue weighted by Gasteiger charge is -2.31. The molecule has 1 fully saturated rings. The maximum absolute atomic E-state index is 13.1. The number of thiazole rings is 1. The van der Waals surface area contributed by atoms with E-state index in [0.29, 0.717) is 40.9 Å². The zero-order chi connectivity index (χ0) is 19.3. The van der Waals surface area contributed by atoms with Gasteiger partial charge in [-0.05, 0) is 44.0 Å². The van der Waals surface area contributed by atoms with E-state index >= 15 is 0 Å². The maximum atomic E-state index is 13.1. The molecule has 0 unspecified atom stereocenters. The van der Waals surface area contributed by atoms with Gasteiger partial charge in [0.05, 0.1) is 20.9 Å². The van der Waals surface area contributed by atoms with Crippen molar-refractivity contribution >= 4 is 44.7 Å². The van der Waals surface area contributed by atoms with Crippen LogP contribution >= 0.6 is 22.9 Å². The minimum Gasteiger partial charge on any atom is -0.338 e. The largest absolute Gasteiger partial charge is 0.338 e. The van der Waals surface area contributed by atoms with E-state index < -0.39 is 0 Å². The third-order valence-electron chi connectivity index (χ3n) is 5.28. The molecule has 0 aliphatic carbocycles. The summed E-state index contributed by atoms with van der Waals surface area (Å²) in [7, 11) is 0. The zero-order valence-electron chi connectivity index (χ0n) is 15.3. The highest BCUT2D eigenvalue weighted by Crippen LogP contribution is 2.35. The monoisotopic (exact) mass is 411 g/mol.